The van der Waals surface area contributed by atoms with E-state index in [4.69, 9.17) is 16.3 Å². The summed E-state index contributed by atoms with van der Waals surface area (Å²) in [7, 11) is 0. The maximum Gasteiger partial charge on any atom is 0.331 e. The number of esters is 1. The van der Waals surface area contributed by atoms with E-state index in [1.165, 1.54) is 12.2 Å². The summed E-state index contributed by atoms with van der Waals surface area (Å²) in [6.45, 7) is 3.99. The van der Waals surface area contributed by atoms with Gasteiger partial charge in [0.05, 0.1) is 5.69 Å². The van der Waals surface area contributed by atoms with Crippen LogP contribution in [0.5, 0.6) is 0 Å². The van der Waals surface area contributed by atoms with Crippen molar-refractivity contribution in [1.82, 2.24) is 14.3 Å². The van der Waals surface area contributed by atoms with Crippen molar-refractivity contribution < 1.29 is 14.3 Å². The van der Waals surface area contributed by atoms with Crippen molar-refractivity contribution in [1.29, 1.82) is 0 Å². The third kappa shape index (κ3) is 5.23. The van der Waals surface area contributed by atoms with E-state index in [1.54, 1.807) is 15.5 Å². The summed E-state index contributed by atoms with van der Waals surface area (Å²) >= 11 is 6.14. The van der Waals surface area contributed by atoms with E-state index < -0.39 is 5.97 Å². The molecule has 1 amide bonds. The SMILES string of the molecule is CC(C)N(Cc1ccccc1)C(=O)COC(=O)/C=C/c1c(Cl)nc2ccccn12. The van der Waals surface area contributed by atoms with Crippen LogP contribution in [-0.2, 0) is 20.9 Å². The normalized spacial score (nSPS) is 11.3. The fourth-order valence-corrected chi connectivity index (χ4v) is 3.13. The Labute approximate surface area is 174 Å². The highest BCUT2D eigenvalue weighted by Gasteiger charge is 2.18. The van der Waals surface area contributed by atoms with Crippen molar-refractivity contribution >= 4 is 35.2 Å². The minimum absolute atomic E-state index is 0.0195. The van der Waals surface area contributed by atoms with Crippen LogP contribution in [0.2, 0.25) is 5.15 Å². The highest BCUT2D eigenvalue weighted by atomic mass is 35.5. The maximum absolute atomic E-state index is 12.5. The quantitative estimate of drug-likeness (QED) is 0.435. The number of hydrogen-bond acceptors (Lipinski definition) is 4. The molecule has 2 heterocycles. The molecule has 0 aliphatic carbocycles. The summed E-state index contributed by atoms with van der Waals surface area (Å²) in [5.74, 6) is -0.873. The van der Waals surface area contributed by atoms with E-state index in [0.29, 0.717) is 17.9 Å². The molecule has 2 aromatic heterocycles. The molecule has 6 nitrogen and oxygen atoms in total. The third-order valence-electron chi connectivity index (χ3n) is 4.38. The Bertz CT molecular complexity index is 1030. The smallest absolute Gasteiger partial charge is 0.331 e. The lowest BCUT2D eigenvalue weighted by molar-refractivity contribution is -0.149. The first-order valence-corrected chi connectivity index (χ1v) is 9.64. The van der Waals surface area contributed by atoms with Gasteiger partial charge in [0.25, 0.3) is 5.91 Å². The van der Waals surface area contributed by atoms with Crippen LogP contribution in [0.25, 0.3) is 11.7 Å². The molecule has 0 fully saturated rings. The number of aromatic nitrogens is 2. The molecule has 0 unspecified atom stereocenters. The number of nitrogens with zero attached hydrogens (tertiary/aromatic N) is 3. The van der Waals surface area contributed by atoms with Crippen LogP contribution in [0.15, 0.2) is 60.8 Å². The Morgan fingerprint density at radius 3 is 2.62 bits per heavy atom. The Hall–Kier alpha value is -3.12. The topological polar surface area (TPSA) is 63.9 Å². The van der Waals surface area contributed by atoms with Crippen LogP contribution < -0.4 is 0 Å². The predicted octanol–water partition coefficient (Wildman–Crippen LogP) is 3.98. The zero-order valence-electron chi connectivity index (χ0n) is 16.3. The van der Waals surface area contributed by atoms with E-state index in [2.05, 4.69) is 4.98 Å². The van der Waals surface area contributed by atoms with Crippen molar-refractivity contribution in [2.24, 2.45) is 0 Å². The van der Waals surface area contributed by atoms with Crippen LogP contribution >= 0.6 is 11.6 Å². The summed E-state index contributed by atoms with van der Waals surface area (Å²) in [4.78, 5) is 30.5. The Morgan fingerprint density at radius 2 is 1.90 bits per heavy atom. The fourth-order valence-electron chi connectivity index (χ4n) is 2.88. The van der Waals surface area contributed by atoms with Gasteiger partial charge in [-0.3, -0.25) is 9.20 Å². The van der Waals surface area contributed by atoms with Gasteiger partial charge in [0.2, 0.25) is 0 Å². The number of carbonyl (C=O) groups is 2. The molecule has 3 rings (SSSR count). The summed E-state index contributed by atoms with van der Waals surface area (Å²) < 4.78 is 6.89. The van der Waals surface area contributed by atoms with Gasteiger partial charge in [-0.1, -0.05) is 48.0 Å². The first-order chi connectivity index (χ1) is 14.0. The summed E-state index contributed by atoms with van der Waals surface area (Å²) in [6.07, 6.45) is 4.57. The van der Waals surface area contributed by atoms with Gasteiger partial charge in [0, 0.05) is 24.9 Å². The highest BCUT2D eigenvalue weighted by Crippen LogP contribution is 2.19. The minimum atomic E-state index is -0.622. The molecule has 7 heteroatoms. The van der Waals surface area contributed by atoms with Crippen LogP contribution in [0.3, 0.4) is 0 Å². The van der Waals surface area contributed by atoms with Gasteiger partial charge in [-0.05, 0) is 37.6 Å². The number of amides is 1. The van der Waals surface area contributed by atoms with Crippen molar-refractivity contribution in [2.45, 2.75) is 26.4 Å². The third-order valence-corrected chi connectivity index (χ3v) is 4.65. The molecule has 29 heavy (non-hydrogen) atoms. The number of carbonyl (C=O) groups excluding carboxylic acids is 2. The number of fused-ring (bicyclic) bond motifs is 1. The number of hydrogen-bond donors (Lipinski definition) is 0. The molecule has 1 aromatic carbocycles. The number of rotatable bonds is 7. The summed E-state index contributed by atoms with van der Waals surface area (Å²) in [5.41, 5.74) is 2.26. The average Bonchev–Trinajstić information content (AvgIpc) is 3.04. The minimum Gasteiger partial charge on any atom is -0.452 e. The standard InChI is InChI=1S/C22H22ClN3O3/c1-16(2)26(14-17-8-4-3-5-9-17)20(27)15-29-21(28)12-11-18-22(23)24-19-10-6-7-13-25(18)19/h3-13,16H,14-15H2,1-2H3/b12-11+. The van der Waals surface area contributed by atoms with Crippen LogP contribution in [0, 0.1) is 0 Å². The van der Waals surface area contributed by atoms with Gasteiger partial charge in [0.1, 0.15) is 5.65 Å². The Morgan fingerprint density at radius 1 is 1.17 bits per heavy atom. The van der Waals surface area contributed by atoms with Crippen LogP contribution in [-0.4, -0.2) is 38.8 Å². The second-order valence-corrected chi connectivity index (χ2v) is 7.12. The van der Waals surface area contributed by atoms with Gasteiger partial charge in [-0.15, -0.1) is 0 Å². The molecule has 0 bridgehead atoms. The molecule has 0 aliphatic heterocycles. The van der Waals surface area contributed by atoms with E-state index in [1.807, 2.05) is 62.4 Å². The lowest BCUT2D eigenvalue weighted by Crippen LogP contribution is -2.39. The van der Waals surface area contributed by atoms with Crippen LogP contribution in [0.1, 0.15) is 25.1 Å². The number of benzene rings is 1. The number of imidazole rings is 1. The molecule has 0 N–H and O–H groups in total. The van der Waals surface area contributed by atoms with Gasteiger partial charge < -0.3 is 9.64 Å². The second kappa shape index (κ2) is 9.39. The maximum atomic E-state index is 12.5. The lowest BCUT2D eigenvalue weighted by atomic mass is 10.2. The number of halogens is 1. The van der Waals surface area contributed by atoms with Crippen molar-refractivity contribution in [3.05, 3.63) is 77.2 Å². The van der Waals surface area contributed by atoms with Crippen molar-refractivity contribution in [3.8, 4) is 0 Å². The Kier molecular flexibility index (Phi) is 6.67. The van der Waals surface area contributed by atoms with Crippen molar-refractivity contribution in [2.75, 3.05) is 6.61 Å². The second-order valence-electron chi connectivity index (χ2n) is 6.76. The van der Waals surface area contributed by atoms with Gasteiger partial charge in [-0.2, -0.15) is 0 Å². The summed E-state index contributed by atoms with van der Waals surface area (Å²) in [6, 6.07) is 15.2. The fraction of sp³-hybridized carbons (Fsp3) is 0.227. The monoisotopic (exact) mass is 411 g/mol. The van der Waals surface area contributed by atoms with E-state index in [-0.39, 0.29) is 23.7 Å². The number of ether oxygens (including phenoxy) is 1. The molecule has 0 atom stereocenters. The molecule has 0 radical (unpaired) electrons. The predicted molar refractivity (Wildman–Crippen MR) is 112 cm³/mol. The first kappa shape index (κ1) is 20.6. The molecule has 3 aromatic rings. The Balaban J connectivity index is 1.60. The molecule has 150 valence electrons. The van der Waals surface area contributed by atoms with Gasteiger partial charge in [-0.25, -0.2) is 9.78 Å². The zero-order valence-corrected chi connectivity index (χ0v) is 17.0. The lowest BCUT2D eigenvalue weighted by Gasteiger charge is -2.26. The molecular formula is C22H22ClN3O3. The molecule has 0 saturated carbocycles. The average molecular weight is 412 g/mol. The summed E-state index contributed by atoms with van der Waals surface area (Å²) in [5, 5.41) is 0.283. The van der Waals surface area contributed by atoms with E-state index in [0.717, 1.165) is 5.56 Å². The zero-order chi connectivity index (χ0) is 20.8. The largest absolute Gasteiger partial charge is 0.452 e. The van der Waals surface area contributed by atoms with Crippen LogP contribution in [0.4, 0.5) is 0 Å². The van der Waals surface area contributed by atoms with E-state index in [9.17, 15) is 9.59 Å². The number of pyridine rings is 1. The van der Waals surface area contributed by atoms with Gasteiger partial charge >= 0.3 is 5.97 Å². The first-order valence-electron chi connectivity index (χ1n) is 9.26. The molecule has 0 saturated heterocycles. The molecule has 0 aliphatic rings. The van der Waals surface area contributed by atoms with E-state index >= 15 is 0 Å². The van der Waals surface area contributed by atoms with Crippen molar-refractivity contribution in [3.63, 3.8) is 0 Å². The van der Waals surface area contributed by atoms with Gasteiger partial charge in [0.15, 0.2) is 11.8 Å². The molecular weight excluding hydrogens is 390 g/mol. The highest BCUT2D eigenvalue weighted by molar-refractivity contribution is 6.31. The molecule has 0 spiro atoms.